The van der Waals surface area contributed by atoms with E-state index in [-0.39, 0.29) is 18.8 Å². The van der Waals surface area contributed by atoms with E-state index in [1.165, 1.54) is 7.11 Å². The third-order valence-electron chi connectivity index (χ3n) is 15.5. The molecule has 0 radical (unpaired) electrons. The molecule has 1 saturated carbocycles. The molecule has 9 rings (SSSR count). The van der Waals surface area contributed by atoms with Gasteiger partial charge in [-0.15, -0.1) is 0 Å². The third-order valence-corrected chi connectivity index (χ3v) is 15.5. The zero-order valence-corrected chi connectivity index (χ0v) is 34.8. The van der Waals surface area contributed by atoms with Gasteiger partial charge in [0.2, 0.25) is 5.60 Å². The normalized spacial score (nSPS) is 37.9. The molecule has 2 saturated heterocycles. The Kier molecular flexibility index (Phi) is 8.52. The Morgan fingerprint density at radius 2 is 1.76 bits per heavy atom. The smallest absolute Gasteiger partial charge is 0.344 e. The second kappa shape index (κ2) is 13.8. The fourth-order valence-electron chi connectivity index (χ4n) is 13.4. The van der Waals surface area contributed by atoms with Crippen molar-refractivity contribution in [3.8, 4) is 5.75 Å². The van der Waals surface area contributed by atoms with Crippen LogP contribution in [0, 0.1) is 11.3 Å². The minimum Gasteiger partial charge on any atom is -0.496 e. The van der Waals surface area contributed by atoms with Gasteiger partial charge < -0.3 is 39.0 Å². The average Bonchev–Trinajstić information content (AvgIpc) is 3.92. The molecule has 5 aliphatic heterocycles. The second-order valence-corrected chi connectivity index (χ2v) is 18.0. The van der Waals surface area contributed by atoms with Crippen LogP contribution in [0.15, 0.2) is 48.6 Å². The van der Waals surface area contributed by atoms with Crippen LogP contribution in [-0.4, -0.2) is 133 Å². The van der Waals surface area contributed by atoms with Crippen LogP contribution in [0.5, 0.6) is 5.75 Å². The van der Waals surface area contributed by atoms with Crippen LogP contribution >= 0.6 is 0 Å². The predicted molar refractivity (Wildman–Crippen MR) is 220 cm³/mol. The number of nitrogens with one attached hydrogen (secondary N) is 1. The number of aromatic amines is 1. The largest absolute Gasteiger partial charge is 0.496 e. The quantitative estimate of drug-likeness (QED) is 0.137. The molecule has 6 heterocycles. The maximum absolute atomic E-state index is 15.4. The van der Waals surface area contributed by atoms with E-state index in [1.54, 1.807) is 14.2 Å². The number of hydrogen-bond donors (Lipinski definition) is 3. The number of esters is 3. The number of benzene rings is 2. The minimum atomic E-state index is -3.18. The van der Waals surface area contributed by atoms with E-state index >= 15 is 4.79 Å². The van der Waals surface area contributed by atoms with Gasteiger partial charge in [-0.2, -0.15) is 0 Å². The molecule has 3 fully saturated rings. The first kappa shape index (κ1) is 36.4. The summed E-state index contributed by atoms with van der Waals surface area (Å²) >= 11 is 0. The van der Waals surface area contributed by atoms with Crippen molar-refractivity contribution in [2.45, 2.75) is 99.4 Å². The van der Waals surface area contributed by atoms with Crippen molar-refractivity contribution in [2.24, 2.45) is 11.3 Å². The molecule has 316 valence electrons. The van der Waals surface area contributed by atoms with E-state index in [0.717, 1.165) is 29.1 Å². The highest BCUT2D eigenvalue weighted by atomic mass is 16.6. The number of fused-ring (bicyclic) bond motifs is 6. The minimum absolute atomic E-state index is 0.150. The first-order valence-electron chi connectivity index (χ1n) is 22.5. The molecule has 0 amide bonds. The molecule has 59 heavy (non-hydrogen) atoms. The van der Waals surface area contributed by atoms with Crippen molar-refractivity contribution in [3.63, 3.8) is 0 Å². The van der Waals surface area contributed by atoms with Crippen LogP contribution in [0.2, 0.25) is 0 Å². The Morgan fingerprint density at radius 3 is 2.47 bits per heavy atom. The molecule has 10 atom stereocenters. The maximum Gasteiger partial charge on any atom is 0.344 e. The van der Waals surface area contributed by atoms with E-state index in [0.29, 0.717) is 81.1 Å². The number of carbonyl (C=O) groups is 3. The van der Waals surface area contributed by atoms with Crippen molar-refractivity contribution in [1.82, 2.24) is 14.8 Å². The molecular formula is C46H58N4O9. The number of methoxy groups -OCH3 is 3. The molecule has 2 bridgehead atoms. The number of ether oxygens (including phenoxy) is 4. The zero-order valence-electron chi connectivity index (χ0n) is 37.8. The fraction of sp³-hybridized carbons (Fsp3) is 0.587. The first-order valence-corrected chi connectivity index (χ1v) is 21.0. The number of rotatable bonds is 7. The lowest BCUT2D eigenvalue weighted by Gasteiger charge is -2.63. The number of H-pyrrole nitrogens is 1. The molecule has 13 nitrogen and oxygen atoms in total. The monoisotopic (exact) mass is 814 g/mol. The van der Waals surface area contributed by atoms with E-state index in [2.05, 4.69) is 20.9 Å². The number of hydrogen-bond acceptors (Lipinski definition) is 12. The highest BCUT2D eigenvalue weighted by Gasteiger charge is 2.80. The van der Waals surface area contributed by atoms with Crippen LogP contribution in [0.3, 0.4) is 0 Å². The molecule has 1 unspecified atom stereocenters. The van der Waals surface area contributed by atoms with Crippen molar-refractivity contribution >= 4 is 34.5 Å². The van der Waals surface area contributed by atoms with Gasteiger partial charge in [-0.25, -0.2) is 4.79 Å². The summed E-state index contributed by atoms with van der Waals surface area (Å²) in [4.78, 5) is 53.4. The number of para-hydroxylation sites is 1. The Bertz CT molecular complexity index is 2370. The fourth-order valence-corrected chi connectivity index (χ4v) is 13.4. The Balaban J connectivity index is 1.35. The van der Waals surface area contributed by atoms with Gasteiger partial charge in [0.15, 0.2) is 6.10 Å². The Morgan fingerprint density at radius 1 is 0.983 bits per heavy atom. The number of piperidine rings is 1. The van der Waals surface area contributed by atoms with Crippen LogP contribution in [0.4, 0.5) is 5.69 Å². The second-order valence-electron chi connectivity index (χ2n) is 18.0. The van der Waals surface area contributed by atoms with Gasteiger partial charge in [0, 0.05) is 95.0 Å². The number of likely N-dealkylation sites (N-methyl/N-ethyl adjacent to an activating group) is 1. The molecular weight excluding hydrogens is 754 g/mol. The van der Waals surface area contributed by atoms with Gasteiger partial charge in [-0.05, 0) is 74.2 Å². The van der Waals surface area contributed by atoms with Gasteiger partial charge in [0.25, 0.3) is 0 Å². The van der Waals surface area contributed by atoms with Crippen molar-refractivity contribution in [2.75, 3.05) is 66.0 Å². The van der Waals surface area contributed by atoms with E-state index in [1.807, 2.05) is 61.2 Å². The number of aromatic nitrogens is 1. The number of aliphatic hydroxyl groups is 2. The van der Waals surface area contributed by atoms with E-state index in [9.17, 15) is 19.8 Å². The molecule has 2 aromatic carbocycles. The predicted octanol–water partition coefficient (Wildman–Crippen LogP) is 3.99. The lowest BCUT2D eigenvalue weighted by molar-refractivity contribution is -0.228. The van der Waals surface area contributed by atoms with Gasteiger partial charge in [-0.1, -0.05) is 44.2 Å². The summed E-state index contributed by atoms with van der Waals surface area (Å²) in [5.41, 5.74) is -2.90. The van der Waals surface area contributed by atoms with Gasteiger partial charge >= 0.3 is 17.9 Å². The highest BCUT2D eigenvalue weighted by molar-refractivity contribution is 5.95. The summed E-state index contributed by atoms with van der Waals surface area (Å²) in [7, 11) is 5.87. The van der Waals surface area contributed by atoms with Crippen LogP contribution in [0.1, 0.15) is 79.3 Å². The summed E-state index contributed by atoms with van der Waals surface area (Å²) in [5, 5.41) is 26.4. The molecule has 3 aromatic rings. The molecule has 1 spiro atoms. The van der Waals surface area contributed by atoms with Gasteiger partial charge in [0.05, 0.1) is 33.0 Å². The summed E-state index contributed by atoms with van der Waals surface area (Å²) in [6.07, 6.45) is 4.78. The zero-order chi connectivity index (χ0) is 44.4. The Labute approximate surface area is 349 Å². The molecule has 6 aliphatic rings. The van der Waals surface area contributed by atoms with Crippen molar-refractivity contribution in [1.29, 1.82) is 0 Å². The van der Waals surface area contributed by atoms with Gasteiger partial charge in [-0.3, -0.25) is 19.4 Å². The molecule has 3 N–H and O–H groups in total. The molecule has 13 heteroatoms. The molecule has 1 aromatic heterocycles. The van der Waals surface area contributed by atoms with Crippen molar-refractivity contribution < 1.29 is 47.7 Å². The van der Waals surface area contributed by atoms with Crippen molar-refractivity contribution in [3.05, 3.63) is 70.9 Å². The Hall–Kier alpha value is -4.43. The summed E-state index contributed by atoms with van der Waals surface area (Å²) in [6.45, 7) is 3.64. The summed E-state index contributed by atoms with van der Waals surface area (Å²) in [6, 6.07) is 10.3. The van der Waals surface area contributed by atoms with Crippen LogP contribution in [-0.2, 0) is 45.8 Å². The SMILES string of the molecule is [2H]C([2H])([2H])[13C](=O)O[C@@H]1[C@]2(CC)C=CCN3CC[C@@]4(c5cc([C@@]6(C(=O)OC)C[C@@H]7CN(CCc8c6[nH]c6ccccc86)C[C@](O)(CC)C7)c(OC)cc5N(C)[C@H]4[C@@]1(O)C(=O)OC)[C@@H]32. The highest BCUT2D eigenvalue weighted by Crippen LogP contribution is 2.68. The summed E-state index contributed by atoms with van der Waals surface area (Å²) in [5.74, 6) is -2.85. The number of carbonyl (C=O) groups excluding carboxylic acids is 3. The van der Waals surface area contributed by atoms with Gasteiger partial charge in [0.1, 0.15) is 11.2 Å². The lowest BCUT2D eigenvalue weighted by Crippen LogP contribution is -2.81. The topological polar surface area (TPSA) is 154 Å². The summed E-state index contributed by atoms with van der Waals surface area (Å²) < 4.78 is 47.5. The first-order chi connectivity index (χ1) is 29.4. The lowest BCUT2D eigenvalue weighted by atomic mass is 9.47. The number of nitrogens with zero attached hydrogens (tertiary/aromatic N) is 3. The van der Waals surface area contributed by atoms with E-state index < -0.39 is 70.4 Å². The number of anilines is 1. The van der Waals surface area contributed by atoms with Crippen LogP contribution < -0.4 is 9.64 Å². The standard InChI is InChI=1S/C46H58N4O9/c1-8-42(54)23-28-24-45(40(52)57-6,36-30(15-19-49(25-28)26-42)29-13-10-11-14-33(29)47-36)32-21-31-34(22-35(32)56-5)48(4)38-44(31)17-20-50-18-12-16-43(9-2,37(44)50)39(59-27(3)51)46(38,55)41(53)58-7/h10-14,16,21-22,28,37-39,47,54-55H,8-9,15,17-20,23-26H2,1-7H3/t28-,37+,38-,39-,42+,43-,44-,45+,46+/m1/s1/i3D3,27+1. The average molecular weight is 815 g/mol. The third kappa shape index (κ3) is 5.20. The van der Waals surface area contributed by atoms with E-state index in [4.69, 9.17) is 23.1 Å². The molecule has 1 aliphatic carbocycles. The van der Waals surface area contributed by atoms with Crippen LogP contribution in [0.25, 0.3) is 10.9 Å². The maximum atomic E-state index is 15.4.